The molecule has 4 aromatic rings. The van der Waals surface area contributed by atoms with Crippen LogP contribution < -0.4 is 5.63 Å². The summed E-state index contributed by atoms with van der Waals surface area (Å²) in [5.41, 5.74) is 1.22. The van der Waals surface area contributed by atoms with E-state index in [4.69, 9.17) is 4.42 Å². The van der Waals surface area contributed by atoms with Crippen LogP contribution in [0.4, 0.5) is 0 Å². The summed E-state index contributed by atoms with van der Waals surface area (Å²) < 4.78 is 6.18. The molecule has 0 saturated carbocycles. The molecule has 0 spiro atoms. The van der Waals surface area contributed by atoms with Crippen LogP contribution in [0.2, 0.25) is 0 Å². The lowest BCUT2D eigenvalue weighted by Gasteiger charge is -2.20. The quantitative estimate of drug-likeness (QED) is 0.495. The Morgan fingerprint density at radius 3 is 2.54 bits per heavy atom. The molecule has 4 rings (SSSR count). The number of carbonyl (C=O) groups is 1. The van der Waals surface area contributed by atoms with Crippen molar-refractivity contribution in [3.63, 3.8) is 0 Å². The molecule has 0 fully saturated rings. The van der Waals surface area contributed by atoms with Gasteiger partial charge in [0.2, 0.25) is 0 Å². The third-order valence-electron chi connectivity index (χ3n) is 4.38. The van der Waals surface area contributed by atoms with Crippen molar-refractivity contribution >= 4 is 38.3 Å². The number of carbonyl (C=O) groups excluding carboxylic acids is 1. The molecule has 0 aliphatic heterocycles. The summed E-state index contributed by atoms with van der Waals surface area (Å²) in [5, 5.41) is 1.32. The van der Waals surface area contributed by atoms with Crippen molar-refractivity contribution < 1.29 is 9.21 Å². The number of fused-ring (bicyclic) bond motifs is 3. The summed E-state index contributed by atoms with van der Waals surface area (Å²) in [6.07, 6.45) is 0. The lowest BCUT2D eigenvalue weighted by atomic mass is 10.2. The normalized spacial score (nSPS) is 11.1. The lowest BCUT2D eigenvalue weighted by molar-refractivity contribution is 0.0757. The SMILES string of the molecule is CCN(Cc1ccccc1)C(=O)c1cc2c(=O)oc3ccccc3c2s1. The summed E-state index contributed by atoms with van der Waals surface area (Å²) in [5.74, 6) is -0.0685. The molecular weight excluding hydrogens is 346 g/mol. The van der Waals surface area contributed by atoms with E-state index in [-0.39, 0.29) is 5.91 Å². The number of benzene rings is 2. The Morgan fingerprint density at radius 1 is 1.04 bits per heavy atom. The number of hydrogen-bond acceptors (Lipinski definition) is 4. The molecule has 0 aliphatic rings. The Labute approximate surface area is 154 Å². The Morgan fingerprint density at radius 2 is 1.77 bits per heavy atom. The van der Waals surface area contributed by atoms with Gasteiger partial charge in [0.25, 0.3) is 5.91 Å². The van der Waals surface area contributed by atoms with Crippen molar-refractivity contribution in [2.45, 2.75) is 13.5 Å². The van der Waals surface area contributed by atoms with Gasteiger partial charge in [0.05, 0.1) is 15.0 Å². The molecule has 26 heavy (non-hydrogen) atoms. The van der Waals surface area contributed by atoms with Crippen molar-refractivity contribution in [2.75, 3.05) is 6.54 Å². The average molecular weight is 363 g/mol. The summed E-state index contributed by atoms with van der Waals surface area (Å²) >= 11 is 1.35. The molecule has 2 aromatic heterocycles. The number of nitrogens with zero attached hydrogens (tertiary/aromatic N) is 1. The first kappa shape index (κ1) is 16.5. The molecule has 0 bridgehead atoms. The van der Waals surface area contributed by atoms with E-state index in [1.54, 1.807) is 17.0 Å². The third-order valence-corrected chi connectivity index (χ3v) is 5.54. The molecular formula is C21H17NO3S. The van der Waals surface area contributed by atoms with Crippen LogP contribution in [0.3, 0.4) is 0 Å². The smallest absolute Gasteiger partial charge is 0.345 e. The Hall–Kier alpha value is -2.92. The molecule has 0 aliphatic carbocycles. The van der Waals surface area contributed by atoms with Gasteiger partial charge >= 0.3 is 5.63 Å². The van der Waals surface area contributed by atoms with Crippen molar-refractivity contribution in [2.24, 2.45) is 0 Å². The van der Waals surface area contributed by atoms with Gasteiger partial charge in [-0.25, -0.2) is 4.79 Å². The maximum absolute atomic E-state index is 13.0. The van der Waals surface area contributed by atoms with Crippen molar-refractivity contribution in [3.05, 3.63) is 81.5 Å². The van der Waals surface area contributed by atoms with Crippen LogP contribution in [-0.4, -0.2) is 17.4 Å². The average Bonchev–Trinajstić information content (AvgIpc) is 3.13. The van der Waals surface area contributed by atoms with E-state index >= 15 is 0 Å². The summed E-state index contributed by atoms with van der Waals surface area (Å²) in [6, 6.07) is 19.0. The van der Waals surface area contributed by atoms with Gasteiger partial charge in [0.15, 0.2) is 0 Å². The minimum atomic E-state index is -0.403. The Kier molecular flexibility index (Phi) is 4.31. The van der Waals surface area contributed by atoms with Gasteiger partial charge in [0.1, 0.15) is 5.58 Å². The lowest BCUT2D eigenvalue weighted by Crippen LogP contribution is -2.29. The van der Waals surface area contributed by atoms with Gasteiger partial charge in [0, 0.05) is 18.5 Å². The number of para-hydroxylation sites is 1. The zero-order valence-corrected chi connectivity index (χ0v) is 15.1. The van der Waals surface area contributed by atoms with Gasteiger partial charge in [-0.3, -0.25) is 4.79 Å². The van der Waals surface area contributed by atoms with Crippen LogP contribution in [0, 0.1) is 0 Å². The van der Waals surface area contributed by atoms with Crippen LogP contribution >= 0.6 is 11.3 Å². The van der Waals surface area contributed by atoms with Gasteiger partial charge in [-0.1, -0.05) is 42.5 Å². The molecule has 0 atom stereocenters. The Balaban J connectivity index is 1.76. The maximum Gasteiger partial charge on any atom is 0.345 e. The first-order chi connectivity index (χ1) is 12.7. The molecule has 2 heterocycles. The van der Waals surface area contributed by atoms with E-state index in [1.165, 1.54) is 11.3 Å². The highest BCUT2D eigenvalue weighted by Gasteiger charge is 2.20. The standard InChI is InChI=1S/C21H17NO3S/c1-2-22(13-14-8-4-3-5-9-14)20(23)18-12-16-19(26-18)15-10-6-7-11-17(15)25-21(16)24/h3-12H,2,13H2,1H3. The largest absolute Gasteiger partial charge is 0.422 e. The van der Waals surface area contributed by atoms with Crippen LogP contribution in [0.15, 0.2) is 69.9 Å². The van der Waals surface area contributed by atoms with Crippen LogP contribution in [0.5, 0.6) is 0 Å². The zero-order chi connectivity index (χ0) is 18.1. The van der Waals surface area contributed by atoms with Crippen LogP contribution in [-0.2, 0) is 6.54 Å². The second-order valence-corrected chi connectivity index (χ2v) is 7.10. The topological polar surface area (TPSA) is 50.5 Å². The van der Waals surface area contributed by atoms with E-state index in [1.807, 2.05) is 55.5 Å². The predicted octanol–water partition coefficient (Wildman–Crippen LogP) is 4.67. The van der Waals surface area contributed by atoms with E-state index in [0.717, 1.165) is 15.6 Å². The number of thiophene rings is 1. The molecule has 130 valence electrons. The van der Waals surface area contributed by atoms with Gasteiger partial charge in [-0.2, -0.15) is 0 Å². The third kappa shape index (κ3) is 2.91. The van der Waals surface area contributed by atoms with Gasteiger partial charge in [-0.05, 0) is 30.7 Å². The predicted molar refractivity (Wildman–Crippen MR) is 105 cm³/mol. The minimum absolute atomic E-state index is 0.0685. The number of hydrogen-bond donors (Lipinski definition) is 0. The monoisotopic (exact) mass is 363 g/mol. The van der Waals surface area contributed by atoms with Crippen molar-refractivity contribution in [1.82, 2.24) is 4.90 Å². The maximum atomic E-state index is 13.0. The number of rotatable bonds is 4. The summed E-state index contributed by atoms with van der Waals surface area (Å²) in [6.45, 7) is 3.09. The molecule has 0 N–H and O–H groups in total. The molecule has 5 heteroatoms. The van der Waals surface area contributed by atoms with Crippen molar-refractivity contribution in [3.8, 4) is 0 Å². The molecule has 0 unspecified atom stereocenters. The van der Waals surface area contributed by atoms with E-state index in [9.17, 15) is 9.59 Å². The zero-order valence-electron chi connectivity index (χ0n) is 14.3. The molecule has 2 aromatic carbocycles. The summed E-state index contributed by atoms with van der Waals surface area (Å²) in [4.78, 5) is 27.6. The van der Waals surface area contributed by atoms with Gasteiger partial charge in [-0.15, -0.1) is 11.3 Å². The number of amides is 1. The molecule has 1 amide bonds. The van der Waals surface area contributed by atoms with Crippen LogP contribution in [0.25, 0.3) is 21.1 Å². The first-order valence-corrected chi connectivity index (χ1v) is 9.27. The highest BCUT2D eigenvalue weighted by Crippen LogP contribution is 2.31. The Bertz CT molecular complexity index is 1140. The van der Waals surface area contributed by atoms with Gasteiger partial charge < -0.3 is 9.32 Å². The first-order valence-electron chi connectivity index (χ1n) is 8.46. The summed E-state index contributed by atoms with van der Waals surface area (Å²) in [7, 11) is 0. The van der Waals surface area contributed by atoms with Crippen LogP contribution in [0.1, 0.15) is 22.2 Å². The fourth-order valence-electron chi connectivity index (χ4n) is 3.03. The van der Waals surface area contributed by atoms with E-state index in [2.05, 4.69) is 0 Å². The van der Waals surface area contributed by atoms with E-state index < -0.39 is 5.63 Å². The molecule has 0 saturated heterocycles. The molecule has 0 radical (unpaired) electrons. The van der Waals surface area contributed by atoms with E-state index in [0.29, 0.717) is 28.9 Å². The highest BCUT2D eigenvalue weighted by atomic mass is 32.1. The van der Waals surface area contributed by atoms with Crippen molar-refractivity contribution in [1.29, 1.82) is 0 Å². The fraction of sp³-hybridized carbons (Fsp3) is 0.143. The fourth-order valence-corrected chi connectivity index (χ4v) is 4.18. The second-order valence-electron chi connectivity index (χ2n) is 6.04. The minimum Gasteiger partial charge on any atom is -0.422 e. The second kappa shape index (κ2) is 6.77. The molecule has 4 nitrogen and oxygen atoms in total. The highest BCUT2D eigenvalue weighted by molar-refractivity contribution is 7.21.